The molecule has 0 amide bonds. The largest absolute Gasteiger partial charge is 0.467 e. The average Bonchev–Trinajstić information content (AvgIpc) is 3.43. The zero-order chi connectivity index (χ0) is 43.1. The third-order valence-electron chi connectivity index (χ3n) is 6.58. The van der Waals surface area contributed by atoms with Gasteiger partial charge in [0.05, 0.1) is 53.5 Å². The van der Waals surface area contributed by atoms with Crippen LogP contribution in [0, 0.1) is 0 Å². The van der Waals surface area contributed by atoms with Crippen LogP contribution in [-0.2, 0) is 85.7 Å². The summed E-state index contributed by atoms with van der Waals surface area (Å²) in [5.41, 5.74) is 0. The SMILES string of the molecule is CC1OC(=O)C(C)OC1=O.COC(=O)C(C)OCCNCCC(=O)OCCO[C@@H](C)C(=O)OC.C[C@@H]1OC(=O)[C@H](C)OC1=O.O=C1CCNCCO1.OCCO. The summed E-state index contributed by atoms with van der Waals surface area (Å²) in [6.07, 6.45) is -3.59. The minimum Gasteiger partial charge on any atom is -0.467 e. The lowest BCUT2D eigenvalue weighted by Gasteiger charge is -2.22. The van der Waals surface area contributed by atoms with E-state index in [-0.39, 0.29) is 44.8 Å². The highest BCUT2D eigenvalue weighted by Gasteiger charge is 2.33. The first-order chi connectivity index (χ1) is 26.4. The van der Waals surface area contributed by atoms with Gasteiger partial charge in [-0.3, -0.25) is 9.59 Å². The maximum absolute atomic E-state index is 11.4. The fourth-order valence-corrected chi connectivity index (χ4v) is 3.44. The second-order valence-electron chi connectivity index (χ2n) is 11.3. The van der Waals surface area contributed by atoms with Crippen LogP contribution in [0.1, 0.15) is 54.4 Å². The van der Waals surface area contributed by atoms with Gasteiger partial charge in [0.2, 0.25) is 0 Å². The predicted octanol–water partition coefficient (Wildman–Crippen LogP) is -2.11. The molecule has 0 aromatic carbocycles. The van der Waals surface area contributed by atoms with Crippen LogP contribution in [0.2, 0.25) is 0 Å². The molecule has 3 unspecified atom stereocenters. The molecule has 0 aromatic rings. The molecule has 3 aliphatic heterocycles. The first-order valence-electron chi connectivity index (χ1n) is 17.6. The summed E-state index contributed by atoms with van der Waals surface area (Å²) in [5, 5.41) is 21.3. The lowest BCUT2D eigenvalue weighted by molar-refractivity contribution is -0.191. The number of rotatable bonds is 14. The third-order valence-corrected chi connectivity index (χ3v) is 6.58. The number of esters is 8. The highest BCUT2D eigenvalue weighted by molar-refractivity contribution is 5.87. The second kappa shape index (κ2) is 32.7. The standard InChI is InChI=1S/C15H27NO8.2C6H8O4.C5H9NO2.C2H6O2/c1-11(14(18)20-3)22-8-7-16-6-5-13(17)24-10-9-23-12(2)15(19)21-4;2*1-3-5(7)10-4(2)6(8)9-3;7-5-1-2-6-3-4-8-5;3-1-2-4/h11-12,16H,5-10H2,1-4H3;2*3-4H,1-2H3;6H,1-4H2;3-4H,1-2H2/t11?,12-;3-,4-;;;/m00.../s1. The zero-order valence-corrected chi connectivity index (χ0v) is 33.2. The summed E-state index contributed by atoms with van der Waals surface area (Å²) in [7, 11) is 2.57. The number of ether oxygens (including phenoxy) is 10. The number of cyclic esters (lactones) is 5. The summed E-state index contributed by atoms with van der Waals surface area (Å²) in [6, 6.07) is 0. The Bertz CT molecular complexity index is 1110. The molecule has 0 aliphatic carbocycles. The van der Waals surface area contributed by atoms with Crippen LogP contribution in [0.3, 0.4) is 0 Å². The van der Waals surface area contributed by atoms with Crippen LogP contribution in [-0.4, -0.2) is 175 Å². The molecule has 56 heavy (non-hydrogen) atoms. The Balaban J connectivity index is 0. The van der Waals surface area contributed by atoms with E-state index in [2.05, 4.69) is 39.1 Å². The quantitative estimate of drug-likeness (QED) is 0.0828. The molecule has 3 rings (SSSR count). The molecule has 0 radical (unpaired) electrons. The normalized spacial score (nSPS) is 21.0. The monoisotopic (exact) mass is 814 g/mol. The Morgan fingerprint density at radius 2 is 1.12 bits per heavy atom. The van der Waals surface area contributed by atoms with E-state index in [1.165, 1.54) is 41.9 Å². The Hall–Kier alpha value is -4.48. The van der Waals surface area contributed by atoms with Gasteiger partial charge in [0.25, 0.3) is 0 Å². The van der Waals surface area contributed by atoms with Crippen LogP contribution in [0.5, 0.6) is 0 Å². The molecular weight excluding hydrogens is 756 g/mol. The summed E-state index contributed by atoms with van der Waals surface area (Å²) in [4.78, 5) is 86.6. The molecule has 3 aliphatic rings. The second-order valence-corrected chi connectivity index (χ2v) is 11.3. The van der Waals surface area contributed by atoms with E-state index < -0.39 is 72.4 Å². The van der Waals surface area contributed by atoms with Gasteiger partial charge in [0.15, 0.2) is 36.6 Å². The molecule has 324 valence electrons. The van der Waals surface area contributed by atoms with Gasteiger partial charge in [-0.25, -0.2) is 28.8 Å². The molecule has 0 bridgehead atoms. The molecular formula is C34H58N2O20. The topological polar surface area (TPSA) is 293 Å². The molecule has 4 N–H and O–H groups in total. The number of nitrogens with one attached hydrogen (secondary N) is 2. The first kappa shape index (κ1) is 53.6. The average molecular weight is 815 g/mol. The third kappa shape index (κ3) is 27.2. The molecule has 3 heterocycles. The maximum atomic E-state index is 11.4. The highest BCUT2D eigenvalue weighted by atomic mass is 16.7. The minimum absolute atomic E-state index is 0.0694. The summed E-state index contributed by atoms with van der Waals surface area (Å²) in [5.74, 6) is -3.29. The zero-order valence-electron chi connectivity index (χ0n) is 33.2. The predicted molar refractivity (Wildman–Crippen MR) is 188 cm³/mol. The molecule has 0 aromatic heterocycles. The molecule has 3 fully saturated rings. The van der Waals surface area contributed by atoms with E-state index >= 15 is 0 Å². The Labute approximate surface area is 325 Å². The number of hydrogen-bond acceptors (Lipinski definition) is 22. The van der Waals surface area contributed by atoms with Crippen molar-refractivity contribution in [1.29, 1.82) is 0 Å². The molecule has 22 nitrogen and oxygen atoms in total. The smallest absolute Gasteiger partial charge is 0.347 e. The van der Waals surface area contributed by atoms with Gasteiger partial charge in [-0.2, -0.15) is 0 Å². The van der Waals surface area contributed by atoms with Crippen LogP contribution in [0.4, 0.5) is 0 Å². The van der Waals surface area contributed by atoms with Gasteiger partial charge in [-0.05, 0) is 41.5 Å². The first-order valence-corrected chi connectivity index (χ1v) is 17.6. The number of hydrogen-bond donors (Lipinski definition) is 4. The van der Waals surface area contributed by atoms with Crippen molar-refractivity contribution in [1.82, 2.24) is 10.6 Å². The molecule has 6 atom stereocenters. The molecule has 0 saturated carbocycles. The van der Waals surface area contributed by atoms with E-state index in [4.69, 9.17) is 29.2 Å². The summed E-state index contributed by atoms with van der Waals surface area (Å²) in [6.45, 7) is 12.3. The van der Waals surface area contributed by atoms with Crippen molar-refractivity contribution >= 4 is 47.8 Å². The fourth-order valence-electron chi connectivity index (χ4n) is 3.44. The number of aliphatic hydroxyl groups is 2. The van der Waals surface area contributed by atoms with Crippen molar-refractivity contribution in [2.45, 2.75) is 91.0 Å². The lowest BCUT2D eigenvalue weighted by Crippen LogP contribution is -2.40. The van der Waals surface area contributed by atoms with E-state index in [9.17, 15) is 38.4 Å². The van der Waals surface area contributed by atoms with Gasteiger partial charge in [-0.1, -0.05) is 0 Å². The maximum Gasteiger partial charge on any atom is 0.347 e. The summed E-state index contributed by atoms with van der Waals surface area (Å²) < 4.78 is 47.4. The van der Waals surface area contributed by atoms with E-state index in [0.717, 1.165) is 13.1 Å². The Morgan fingerprint density at radius 3 is 1.54 bits per heavy atom. The van der Waals surface area contributed by atoms with Crippen LogP contribution in [0.15, 0.2) is 0 Å². The van der Waals surface area contributed by atoms with Crippen molar-refractivity contribution in [3.05, 3.63) is 0 Å². The number of methoxy groups -OCH3 is 2. The minimum atomic E-state index is -0.747. The number of aliphatic hydroxyl groups excluding tert-OH is 2. The molecule has 0 spiro atoms. The molecule has 22 heteroatoms. The van der Waals surface area contributed by atoms with Crippen LogP contribution in [0.25, 0.3) is 0 Å². The van der Waals surface area contributed by atoms with Crippen molar-refractivity contribution in [2.24, 2.45) is 0 Å². The molecule has 3 saturated heterocycles. The Morgan fingerprint density at radius 1 is 0.696 bits per heavy atom. The van der Waals surface area contributed by atoms with E-state index in [0.29, 0.717) is 32.7 Å². The van der Waals surface area contributed by atoms with Gasteiger partial charge in [-0.15, -0.1) is 0 Å². The van der Waals surface area contributed by atoms with Gasteiger partial charge in [0, 0.05) is 26.2 Å². The van der Waals surface area contributed by atoms with Crippen molar-refractivity contribution in [3.8, 4) is 0 Å². The number of carbonyl (C=O) groups is 8. The fraction of sp³-hybridized carbons (Fsp3) is 0.765. The van der Waals surface area contributed by atoms with Gasteiger partial charge in [0.1, 0.15) is 13.2 Å². The van der Waals surface area contributed by atoms with Crippen molar-refractivity contribution in [3.63, 3.8) is 0 Å². The van der Waals surface area contributed by atoms with Crippen LogP contribution >= 0.6 is 0 Å². The van der Waals surface area contributed by atoms with Crippen LogP contribution < -0.4 is 10.6 Å². The summed E-state index contributed by atoms with van der Waals surface area (Å²) >= 11 is 0. The Kier molecular flexibility index (Phi) is 31.3. The van der Waals surface area contributed by atoms with E-state index in [1.807, 2.05) is 0 Å². The van der Waals surface area contributed by atoms with Gasteiger partial charge < -0.3 is 68.2 Å². The van der Waals surface area contributed by atoms with Crippen molar-refractivity contribution < 1.29 is 95.9 Å². The van der Waals surface area contributed by atoms with E-state index in [1.54, 1.807) is 13.8 Å². The lowest BCUT2D eigenvalue weighted by atomic mass is 10.3. The van der Waals surface area contributed by atoms with Crippen molar-refractivity contribution in [2.75, 3.05) is 80.0 Å². The van der Waals surface area contributed by atoms with Gasteiger partial charge >= 0.3 is 47.8 Å². The highest BCUT2D eigenvalue weighted by Crippen LogP contribution is 2.09. The number of carbonyl (C=O) groups excluding carboxylic acids is 8.